The Morgan fingerprint density at radius 1 is 1.86 bits per heavy atom. The van der Waals surface area contributed by atoms with Gasteiger partial charge in [-0.2, -0.15) is 0 Å². The third-order valence-electron chi connectivity index (χ3n) is 0.588. The van der Waals surface area contributed by atoms with Gasteiger partial charge in [-0.25, -0.2) is 4.39 Å². The van der Waals surface area contributed by atoms with Crippen LogP contribution in [0.3, 0.4) is 0 Å². The molecule has 0 saturated carbocycles. The molecule has 7 heavy (non-hydrogen) atoms. The van der Waals surface area contributed by atoms with Gasteiger partial charge in [0.2, 0.25) is 0 Å². The van der Waals surface area contributed by atoms with E-state index in [1.165, 1.54) is 13.3 Å². The van der Waals surface area contributed by atoms with E-state index in [1.54, 1.807) is 7.11 Å². The quantitative estimate of drug-likeness (QED) is 0.524. The van der Waals surface area contributed by atoms with Crippen molar-refractivity contribution in [2.45, 2.75) is 13.1 Å². The predicted octanol–water partition coefficient (Wildman–Crippen LogP) is 1.20. The molecular formula is C5H10FO. The Bertz CT molecular complexity index is 37.1. The molecule has 1 atom stereocenters. The molecule has 0 amide bonds. The molecule has 0 bridgehead atoms. The third-order valence-corrected chi connectivity index (χ3v) is 0.588. The molecule has 0 fully saturated rings. The number of hydrogen-bond donors (Lipinski definition) is 0. The second kappa shape index (κ2) is 4.06. The van der Waals surface area contributed by atoms with Crippen LogP contribution in [0.5, 0.6) is 0 Å². The van der Waals surface area contributed by atoms with Gasteiger partial charge in [0, 0.05) is 13.5 Å². The minimum absolute atomic E-state index is 0.400. The van der Waals surface area contributed by atoms with Crippen LogP contribution in [0, 0.1) is 6.42 Å². The molecule has 0 spiro atoms. The first-order valence-electron chi connectivity index (χ1n) is 2.23. The van der Waals surface area contributed by atoms with Crippen molar-refractivity contribution in [1.29, 1.82) is 0 Å². The molecule has 0 aliphatic heterocycles. The Hall–Kier alpha value is -0.110. The summed E-state index contributed by atoms with van der Waals surface area (Å²) in [5, 5.41) is 0. The van der Waals surface area contributed by atoms with E-state index >= 15 is 0 Å². The molecule has 1 nitrogen and oxygen atoms in total. The SMILES string of the molecule is COC[CH]C(C)F. The van der Waals surface area contributed by atoms with E-state index in [-0.39, 0.29) is 0 Å². The van der Waals surface area contributed by atoms with Crippen LogP contribution in [0.2, 0.25) is 0 Å². The molecule has 0 aliphatic carbocycles. The minimum Gasteiger partial charge on any atom is -0.384 e. The van der Waals surface area contributed by atoms with Crippen LogP contribution >= 0.6 is 0 Å². The van der Waals surface area contributed by atoms with Crippen molar-refractivity contribution in [3.8, 4) is 0 Å². The number of ether oxygens (including phenoxy) is 1. The van der Waals surface area contributed by atoms with Gasteiger partial charge in [-0.05, 0) is 6.92 Å². The minimum atomic E-state index is -0.847. The summed E-state index contributed by atoms with van der Waals surface area (Å²) >= 11 is 0. The first-order valence-corrected chi connectivity index (χ1v) is 2.23. The Morgan fingerprint density at radius 2 is 2.43 bits per heavy atom. The first-order chi connectivity index (χ1) is 3.27. The van der Waals surface area contributed by atoms with E-state index in [1.807, 2.05) is 0 Å². The summed E-state index contributed by atoms with van der Waals surface area (Å²) in [4.78, 5) is 0. The molecule has 1 unspecified atom stereocenters. The highest BCUT2D eigenvalue weighted by Gasteiger charge is 1.94. The maximum absolute atomic E-state index is 11.8. The average molecular weight is 105 g/mol. The van der Waals surface area contributed by atoms with Gasteiger partial charge in [-0.15, -0.1) is 0 Å². The summed E-state index contributed by atoms with van der Waals surface area (Å²) in [6.07, 6.45) is 0.611. The second-order valence-electron chi connectivity index (χ2n) is 1.37. The summed E-state index contributed by atoms with van der Waals surface area (Å²) < 4.78 is 16.3. The van der Waals surface area contributed by atoms with Gasteiger partial charge in [0.15, 0.2) is 0 Å². The molecule has 0 saturated heterocycles. The average Bonchev–Trinajstić information content (AvgIpc) is 1.61. The molecule has 0 heterocycles. The molecule has 2 heteroatoms. The lowest BCUT2D eigenvalue weighted by Crippen LogP contribution is -1.99. The fraction of sp³-hybridized carbons (Fsp3) is 0.800. The zero-order chi connectivity index (χ0) is 5.70. The molecule has 0 aromatic carbocycles. The van der Waals surface area contributed by atoms with Gasteiger partial charge in [0.25, 0.3) is 0 Å². The summed E-state index contributed by atoms with van der Waals surface area (Å²) in [6.45, 7) is 1.87. The van der Waals surface area contributed by atoms with Crippen molar-refractivity contribution in [2.24, 2.45) is 0 Å². The molecule has 43 valence electrons. The van der Waals surface area contributed by atoms with Crippen LogP contribution in [0.4, 0.5) is 4.39 Å². The van der Waals surface area contributed by atoms with E-state index in [0.29, 0.717) is 6.61 Å². The number of hydrogen-bond acceptors (Lipinski definition) is 1. The van der Waals surface area contributed by atoms with Crippen molar-refractivity contribution in [3.05, 3.63) is 6.42 Å². The maximum Gasteiger partial charge on any atom is 0.103 e. The number of rotatable bonds is 3. The molecule has 0 aromatic heterocycles. The fourth-order valence-electron chi connectivity index (χ4n) is 0.229. The van der Waals surface area contributed by atoms with E-state index in [0.717, 1.165) is 0 Å². The molecule has 0 N–H and O–H groups in total. The van der Waals surface area contributed by atoms with Gasteiger partial charge >= 0.3 is 0 Å². The lowest BCUT2D eigenvalue weighted by Gasteiger charge is -1.96. The summed E-state index contributed by atoms with van der Waals surface area (Å²) in [6, 6.07) is 0. The van der Waals surface area contributed by atoms with Gasteiger partial charge < -0.3 is 4.74 Å². The van der Waals surface area contributed by atoms with Gasteiger partial charge in [-0.1, -0.05) is 0 Å². The zero-order valence-corrected chi connectivity index (χ0v) is 4.65. The van der Waals surface area contributed by atoms with Crippen LogP contribution in [0.15, 0.2) is 0 Å². The van der Waals surface area contributed by atoms with Crippen molar-refractivity contribution in [3.63, 3.8) is 0 Å². The van der Waals surface area contributed by atoms with E-state index < -0.39 is 6.17 Å². The number of halogens is 1. The monoisotopic (exact) mass is 105 g/mol. The van der Waals surface area contributed by atoms with Gasteiger partial charge in [0.1, 0.15) is 6.17 Å². The van der Waals surface area contributed by atoms with Gasteiger partial charge in [0.05, 0.1) is 6.61 Å². The molecule has 1 radical (unpaired) electrons. The van der Waals surface area contributed by atoms with Crippen molar-refractivity contribution < 1.29 is 9.13 Å². The standard InChI is InChI=1S/C5H10FO/c1-5(6)3-4-7-2/h3,5H,4H2,1-2H3. The molecule has 0 aromatic rings. The Balaban J connectivity index is 2.68. The Labute approximate surface area is 43.5 Å². The second-order valence-corrected chi connectivity index (χ2v) is 1.37. The number of methoxy groups -OCH3 is 1. The Kier molecular flexibility index (Phi) is 4.00. The lowest BCUT2D eigenvalue weighted by molar-refractivity contribution is 0.206. The number of alkyl halides is 1. The largest absolute Gasteiger partial charge is 0.384 e. The van der Waals surface area contributed by atoms with E-state index in [4.69, 9.17) is 0 Å². The van der Waals surface area contributed by atoms with Crippen LogP contribution < -0.4 is 0 Å². The van der Waals surface area contributed by atoms with Crippen molar-refractivity contribution in [2.75, 3.05) is 13.7 Å². The van der Waals surface area contributed by atoms with Crippen molar-refractivity contribution in [1.82, 2.24) is 0 Å². The zero-order valence-electron chi connectivity index (χ0n) is 4.65. The van der Waals surface area contributed by atoms with Crippen LogP contribution in [0.25, 0.3) is 0 Å². The van der Waals surface area contributed by atoms with Crippen LogP contribution in [0.1, 0.15) is 6.92 Å². The highest BCUT2D eigenvalue weighted by molar-refractivity contribution is 4.69. The van der Waals surface area contributed by atoms with Crippen LogP contribution in [-0.2, 0) is 4.74 Å². The Morgan fingerprint density at radius 3 is 2.57 bits per heavy atom. The predicted molar refractivity (Wildman–Crippen MR) is 26.7 cm³/mol. The topological polar surface area (TPSA) is 9.23 Å². The summed E-state index contributed by atoms with van der Waals surface area (Å²) in [7, 11) is 1.54. The smallest absolute Gasteiger partial charge is 0.103 e. The summed E-state index contributed by atoms with van der Waals surface area (Å²) in [5.41, 5.74) is 0. The lowest BCUT2D eigenvalue weighted by atomic mass is 10.3. The molecule has 0 rings (SSSR count). The maximum atomic E-state index is 11.8. The molecular weight excluding hydrogens is 95.1 g/mol. The third kappa shape index (κ3) is 5.89. The van der Waals surface area contributed by atoms with Gasteiger partial charge in [-0.3, -0.25) is 0 Å². The fourth-order valence-corrected chi connectivity index (χ4v) is 0.229. The highest BCUT2D eigenvalue weighted by atomic mass is 19.1. The van der Waals surface area contributed by atoms with Crippen LogP contribution in [-0.4, -0.2) is 19.9 Å². The highest BCUT2D eigenvalue weighted by Crippen LogP contribution is 1.91. The normalized spacial score (nSPS) is 14.1. The molecule has 0 aliphatic rings. The van der Waals surface area contributed by atoms with E-state index in [2.05, 4.69) is 4.74 Å². The first kappa shape index (κ1) is 6.89. The van der Waals surface area contributed by atoms with E-state index in [9.17, 15) is 4.39 Å². The summed E-state index contributed by atoms with van der Waals surface area (Å²) in [5.74, 6) is 0. The van der Waals surface area contributed by atoms with Crippen molar-refractivity contribution >= 4 is 0 Å².